The lowest BCUT2D eigenvalue weighted by atomic mass is 10.4. The van der Waals surface area contributed by atoms with Crippen molar-refractivity contribution >= 4 is 21.8 Å². The number of hydrogen-bond donors (Lipinski definition) is 2. The molecule has 0 rings (SSSR count). The summed E-state index contributed by atoms with van der Waals surface area (Å²) in [4.78, 5) is 22.6. The summed E-state index contributed by atoms with van der Waals surface area (Å²) in [5, 5.41) is 10.8. The van der Waals surface area contributed by atoms with Crippen molar-refractivity contribution in [3.63, 3.8) is 0 Å². The third-order valence-corrected chi connectivity index (χ3v) is 2.75. The van der Waals surface area contributed by atoms with E-state index >= 15 is 0 Å². The number of nitrogens with zero attached hydrogens (tertiary/aromatic N) is 1. The number of sulfone groups is 1. The molecule has 0 bridgehead atoms. The molecule has 0 aromatic rings. The van der Waals surface area contributed by atoms with Crippen LogP contribution in [0.25, 0.3) is 0 Å². The molecule has 0 aliphatic rings. The van der Waals surface area contributed by atoms with E-state index in [4.69, 9.17) is 5.11 Å². The first-order chi connectivity index (χ1) is 7.11. The molecule has 0 radical (unpaired) electrons. The molecule has 0 heterocycles. The minimum atomic E-state index is -3.17. The predicted molar refractivity (Wildman–Crippen MR) is 58.0 cm³/mol. The Kier molecular flexibility index (Phi) is 5.22. The summed E-state index contributed by atoms with van der Waals surface area (Å²) in [5.74, 6) is -1.31. The molecule has 0 aromatic heterocycles. The molecule has 0 aliphatic carbocycles. The highest BCUT2D eigenvalue weighted by molar-refractivity contribution is 7.90. The van der Waals surface area contributed by atoms with Gasteiger partial charge in [-0.15, -0.1) is 0 Å². The fraction of sp³-hybridized carbons (Fsp3) is 0.750. The molecule has 2 amide bonds. The van der Waals surface area contributed by atoms with E-state index < -0.39 is 34.4 Å². The molecule has 0 fully saturated rings. The maximum absolute atomic E-state index is 11.3. The van der Waals surface area contributed by atoms with Crippen molar-refractivity contribution in [2.24, 2.45) is 0 Å². The predicted octanol–water partition coefficient (Wildman–Crippen LogP) is -0.854. The highest BCUT2D eigenvalue weighted by Crippen LogP contribution is 1.92. The maximum atomic E-state index is 11.3. The second-order valence-electron chi connectivity index (χ2n) is 3.69. The van der Waals surface area contributed by atoms with Gasteiger partial charge >= 0.3 is 12.0 Å². The number of aliphatic carboxylic acids is 1. The molecule has 2 N–H and O–H groups in total. The number of likely N-dealkylation sites (N-methyl/N-ethyl adjacent to an activating group) is 1. The molecule has 0 aromatic carbocycles. The van der Waals surface area contributed by atoms with Crippen molar-refractivity contribution in [3.8, 4) is 0 Å². The first kappa shape index (κ1) is 14.7. The Balaban J connectivity index is 4.19. The Labute approximate surface area is 94.3 Å². The number of hydrogen-bond acceptors (Lipinski definition) is 4. The standard InChI is InChI=1S/C8H16N2O5S/c1-6(5-16(3,14)15)9-8(13)10(2)4-7(11)12/h6H,4-5H2,1-3H3,(H,9,13)(H,11,12). The molecule has 7 nitrogen and oxygen atoms in total. The van der Waals surface area contributed by atoms with Crippen molar-refractivity contribution < 1.29 is 23.1 Å². The second-order valence-corrected chi connectivity index (χ2v) is 5.88. The molecule has 8 heteroatoms. The number of carboxylic acids is 1. The molecule has 1 atom stereocenters. The van der Waals surface area contributed by atoms with Gasteiger partial charge in [0.2, 0.25) is 0 Å². The van der Waals surface area contributed by atoms with Crippen molar-refractivity contribution in [3.05, 3.63) is 0 Å². The minimum Gasteiger partial charge on any atom is -0.480 e. The van der Waals surface area contributed by atoms with Gasteiger partial charge in [0.1, 0.15) is 16.4 Å². The SMILES string of the molecule is CC(CS(C)(=O)=O)NC(=O)N(C)CC(=O)O. The summed E-state index contributed by atoms with van der Waals surface area (Å²) < 4.78 is 21.8. The van der Waals surface area contributed by atoms with E-state index in [1.54, 1.807) is 0 Å². The molecule has 0 saturated heterocycles. The summed E-state index contributed by atoms with van der Waals surface area (Å²) in [6.45, 7) is 1.10. The maximum Gasteiger partial charge on any atom is 0.323 e. The average Bonchev–Trinajstić information content (AvgIpc) is 1.98. The lowest BCUT2D eigenvalue weighted by molar-refractivity contribution is -0.137. The minimum absolute atomic E-state index is 0.181. The first-order valence-corrected chi connectivity index (χ1v) is 6.59. The molecule has 1 unspecified atom stereocenters. The van der Waals surface area contributed by atoms with Crippen LogP contribution in [0.3, 0.4) is 0 Å². The number of carboxylic acid groups (broad SMARTS) is 1. The molecular formula is C8H16N2O5S. The summed E-state index contributed by atoms with van der Waals surface area (Å²) >= 11 is 0. The number of nitrogens with one attached hydrogen (secondary N) is 1. The molecule has 94 valence electrons. The van der Waals surface area contributed by atoms with Crippen LogP contribution in [-0.4, -0.2) is 62.1 Å². The quantitative estimate of drug-likeness (QED) is 0.663. The van der Waals surface area contributed by atoms with Crippen LogP contribution in [0.2, 0.25) is 0 Å². The third kappa shape index (κ3) is 7.04. The summed E-state index contributed by atoms with van der Waals surface area (Å²) in [6.07, 6.45) is 1.07. The molecule has 16 heavy (non-hydrogen) atoms. The molecule has 0 aliphatic heterocycles. The molecule has 0 spiro atoms. The van der Waals surface area contributed by atoms with E-state index in [0.29, 0.717) is 0 Å². The van der Waals surface area contributed by atoms with E-state index in [9.17, 15) is 18.0 Å². The number of carbonyl (C=O) groups is 2. The van der Waals surface area contributed by atoms with Crippen LogP contribution < -0.4 is 5.32 Å². The summed E-state index contributed by atoms with van der Waals surface area (Å²) in [6, 6.07) is -1.17. The topological polar surface area (TPSA) is 104 Å². The zero-order chi connectivity index (χ0) is 12.9. The van der Waals surface area contributed by atoms with Crippen molar-refractivity contribution in [2.75, 3.05) is 25.6 Å². The number of carbonyl (C=O) groups excluding carboxylic acids is 1. The highest BCUT2D eigenvalue weighted by Gasteiger charge is 2.16. The Bertz CT molecular complexity index is 365. The van der Waals surface area contributed by atoms with Crippen molar-refractivity contribution in [2.45, 2.75) is 13.0 Å². The van der Waals surface area contributed by atoms with Crippen LogP contribution in [0.1, 0.15) is 6.92 Å². The van der Waals surface area contributed by atoms with Crippen molar-refractivity contribution in [1.82, 2.24) is 10.2 Å². The Morgan fingerprint density at radius 3 is 2.31 bits per heavy atom. The van der Waals surface area contributed by atoms with Gasteiger partial charge in [0.05, 0.1) is 5.75 Å². The van der Waals surface area contributed by atoms with Crippen LogP contribution in [0.4, 0.5) is 4.79 Å². The zero-order valence-corrected chi connectivity index (χ0v) is 10.2. The van der Waals surface area contributed by atoms with Gasteiger partial charge in [0.25, 0.3) is 0 Å². The first-order valence-electron chi connectivity index (χ1n) is 4.53. The highest BCUT2D eigenvalue weighted by atomic mass is 32.2. The van der Waals surface area contributed by atoms with Gasteiger partial charge < -0.3 is 15.3 Å². The Morgan fingerprint density at radius 2 is 1.94 bits per heavy atom. The number of urea groups is 1. The number of rotatable bonds is 5. The van der Waals surface area contributed by atoms with Crippen molar-refractivity contribution in [1.29, 1.82) is 0 Å². The normalized spacial score (nSPS) is 12.9. The lowest BCUT2D eigenvalue weighted by Crippen LogP contribution is -2.45. The van der Waals surface area contributed by atoms with Gasteiger partial charge in [-0.1, -0.05) is 0 Å². The largest absolute Gasteiger partial charge is 0.480 e. The van der Waals surface area contributed by atoms with Gasteiger partial charge in [-0.3, -0.25) is 4.79 Å². The fourth-order valence-corrected chi connectivity index (χ4v) is 2.08. The van der Waals surface area contributed by atoms with E-state index in [1.807, 2.05) is 0 Å². The zero-order valence-electron chi connectivity index (χ0n) is 9.43. The van der Waals surface area contributed by atoms with Crippen LogP contribution >= 0.6 is 0 Å². The van der Waals surface area contributed by atoms with E-state index in [-0.39, 0.29) is 5.75 Å². The van der Waals surface area contributed by atoms with E-state index in [1.165, 1.54) is 14.0 Å². The second kappa shape index (κ2) is 5.69. The van der Waals surface area contributed by atoms with E-state index in [0.717, 1.165) is 11.2 Å². The Hall–Kier alpha value is -1.31. The van der Waals surface area contributed by atoms with Gasteiger partial charge in [0, 0.05) is 19.3 Å². The smallest absolute Gasteiger partial charge is 0.323 e. The number of amides is 2. The third-order valence-electron chi connectivity index (χ3n) is 1.64. The molecular weight excluding hydrogens is 236 g/mol. The fourth-order valence-electron chi connectivity index (χ4n) is 1.09. The van der Waals surface area contributed by atoms with Crippen LogP contribution in [0.15, 0.2) is 0 Å². The van der Waals surface area contributed by atoms with E-state index in [2.05, 4.69) is 5.32 Å². The van der Waals surface area contributed by atoms with Gasteiger partial charge in [-0.2, -0.15) is 0 Å². The van der Waals surface area contributed by atoms with Crippen LogP contribution in [-0.2, 0) is 14.6 Å². The van der Waals surface area contributed by atoms with Crippen LogP contribution in [0, 0.1) is 0 Å². The van der Waals surface area contributed by atoms with Crippen LogP contribution in [0.5, 0.6) is 0 Å². The monoisotopic (exact) mass is 252 g/mol. The van der Waals surface area contributed by atoms with Gasteiger partial charge in [-0.05, 0) is 6.92 Å². The summed E-state index contributed by atoms with van der Waals surface area (Å²) in [7, 11) is -1.85. The lowest BCUT2D eigenvalue weighted by Gasteiger charge is -2.19. The molecule has 0 saturated carbocycles. The van der Waals surface area contributed by atoms with Gasteiger partial charge in [-0.25, -0.2) is 13.2 Å². The summed E-state index contributed by atoms with van der Waals surface area (Å²) in [5.41, 5.74) is 0. The average molecular weight is 252 g/mol. The Morgan fingerprint density at radius 1 is 1.44 bits per heavy atom. The van der Waals surface area contributed by atoms with Gasteiger partial charge in [0.15, 0.2) is 0 Å².